The van der Waals surface area contributed by atoms with E-state index in [4.69, 9.17) is 0 Å². The number of nitro groups is 1. The molecule has 3 rings (SSSR count). The number of amides is 1. The molecule has 1 aliphatic heterocycles. The Balaban J connectivity index is 1.81. The number of nitrogens with zero attached hydrogens (tertiary/aromatic N) is 4. The van der Waals surface area contributed by atoms with Crippen LogP contribution >= 0.6 is 0 Å². The molecule has 2 heterocycles. The van der Waals surface area contributed by atoms with Crippen LogP contribution in [0, 0.1) is 10.1 Å². The predicted molar refractivity (Wildman–Crippen MR) is 86.5 cm³/mol. The second-order valence-corrected chi connectivity index (χ2v) is 5.77. The van der Waals surface area contributed by atoms with Gasteiger partial charge >= 0.3 is 5.97 Å². The van der Waals surface area contributed by atoms with Gasteiger partial charge < -0.3 is 10.0 Å². The first kappa shape index (κ1) is 16.6. The van der Waals surface area contributed by atoms with Crippen LogP contribution in [0.4, 0.5) is 5.69 Å². The van der Waals surface area contributed by atoms with E-state index in [2.05, 4.69) is 5.10 Å². The number of nitro benzene ring substituents is 1. The zero-order chi connectivity index (χ0) is 18.0. The minimum Gasteiger partial charge on any atom is -0.480 e. The fourth-order valence-corrected chi connectivity index (χ4v) is 2.89. The zero-order valence-corrected chi connectivity index (χ0v) is 13.2. The summed E-state index contributed by atoms with van der Waals surface area (Å²) >= 11 is 0. The maximum absolute atomic E-state index is 12.6. The molecule has 0 saturated carbocycles. The van der Waals surface area contributed by atoms with E-state index in [9.17, 15) is 24.8 Å². The Morgan fingerprint density at radius 2 is 1.92 bits per heavy atom. The van der Waals surface area contributed by atoms with E-state index in [0.717, 1.165) is 12.8 Å². The molecule has 1 unspecified atom stereocenters. The molecule has 9 nitrogen and oxygen atoms in total. The molecule has 130 valence electrons. The summed E-state index contributed by atoms with van der Waals surface area (Å²) in [6.07, 6.45) is 3.54. The van der Waals surface area contributed by atoms with Crippen molar-refractivity contribution in [2.45, 2.75) is 25.3 Å². The van der Waals surface area contributed by atoms with Crippen molar-refractivity contribution in [1.29, 1.82) is 0 Å². The maximum atomic E-state index is 12.6. The normalized spacial score (nSPS) is 17.3. The van der Waals surface area contributed by atoms with Crippen LogP contribution in [0.3, 0.4) is 0 Å². The van der Waals surface area contributed by atoms with Gasteiger partial charge in [0.25, 0.3) is 11.6 Å². The Labute approximate surface area is 142 Å². The molecule has 1 saturated heterocycles. The molecule has 2 aromatic rings. The summed E-state index contributed by atoms with van der Waals surface area (Å²) < 4.78 is 1.43. The molecule has 1 aromatic carbocycles. The lowest BCUT2D eigenvalue weighted by Crippen LogP contribution is -2.48. The third kappa shape index (κ3) is 3.35. The van der Waals surface area contributed by atoms with E-state index < -0.39 is 22.8 Å². The lowest BCUT2D eigenvalue weighted by molar-refractivity contribution is -0.384. The van der Waals surface area contributed by atoms with E-state index in [1.165, 1.54) is 39.9 Å². The molecule has 1 amide bonds. The molecule has 0 radical (unpaired) electrons. The minimum absolute atomic E-state index is 0.0372. The number of carboxylic acids is 1. The van der Waals surface area contributed by atoms with Crippen molar-refractivity contribution in [1.82, 2.24) is 14.7 Å². The van der Waals surface area contributed by atoms with E-state index >= 15 is 0 Å². The van der Waals surface area contributed by atoms with Gasteiger partial charge in [0, 0.05) is 24.9 Å². The van der Waals surface area contributed by atoms with Gasteiger partial charge in [-0.2, -0.15) is 5.10 Å². The number of hydrogen-bond acceptors (Lipinski definition) is 5. The van der Waals surface area contributed by atoms with Gasteiger partial charge in [0.1, 0.15) is 6.04 Å². The van der Waals surface area contributed by atoms with Gasteiger partial charge in [0.05, 0.1) is 10.6 Å². The lowest BCUT2D eigenvalue weighted by atomic mass is 10.0. The van der Waals surface area contributed by atoms with Crippen molar-refractivity contribution in [2.75, 3.05) is 6.54 Å². The van der Waals surface area contributed by atoms with Crippen molar-refractivity contribution in [2.24, 2.45) is 0 Å². The third-order valence-electron chi connectivity index (χ3n) is 4.18. The van der Waals surface area contributed by atoms with Crippen molar-refractivity contribution < 1.29 is 19.6 Å². The van der Waals surface area contributed by atoms with E-state index in [-0.39, 0.29) is 11.4 Å². The number of rotatable bonds is 4. The van der Waals surface area contributed by atoms with Gasteiger partial charge in [-0.15, -0.1) is 0 Å². The van der Waals surface area contributed by atoms with Gasteiger partial charge in [-0.1, -0.05) is 0 Å². The van der Waals surface area contributed by atoms with Crippen LogP contribution in [0.5, 0.6) is 0 Å². The topological polar surface area (TPSA) is 119 Å². The quantitative estimate of drug-likeness (QED) is 0.668. The number of benzene rings is 1. The predicted octanol–water partition coefficient (Wildman–Crippen LogP) is 1.86. The smallest absolute Gasteiger partial charge is 0.326 e. The second-order valence-electron chi connectivity index (χ2n) is 5.77. The van der Waals surface area contributed by atoms with Gasteiger partial charge in [-0.25, -0.2) is 9.48 Å². The van der Waals surface area contributed by atoms with Gasteiger partial charge in [0.2, 0.25) is 0 Å². The Kier molecular flexibility index (Phi) is 4.46. The van der Waals surface area contributed by atoms with Crippen LogP contribution in [0.2, 0.25) is 0 Å². The highest BCUT2D eigenvalue weighted by Gasteiger charge is 2.33. The summed E-state index contributed by atoms with van der Waals surface area (Å²) in [7, 11) is 0. The fourth-order valence-electron chi connectivity index (χ4n) is 2.89. The molecule has 0 bridgehead atoms. The number of aromatic nitrogens is 2. The van der Waals surface area contributed by atoms with Gasteiger partial charge in [0.15, 0.2) is 5.69 Å². The van der Waals surface area contributed by atoms with Crippen LogP contribution in [-0.2, 0) is 4.79 Å². The Morgan fingerprint density at radius 1 is 1.20 bits per heavy atom. The van der Waals surface area contributed by atoms with E-state index in [0.29, 0.717) is 18.7 Å². The van der Waals surface area contributed by atoms with Crippen LogP contribution in [0.1, 0.15) is 29.8 Å². The molecule has 1 atom stereocenters. The standard InChI is InChI=1S/C16H16N4O5/c21-15(18-9-2-1-3-14(18)16(22)23)13-8-10-19(17-13)11-4-6-12(7-5-11)20(24)25/h4-8,10,14H,1-3,9H2,(H,22,23). The highest BCUT2D eigenvalue weighted by molar-refractivity contribution is 5.95. The first-order valence-electron chi connectivity index (χ1n) is 7.81. The number of carboxylic acid groups (broad SMARTS) is 1. The number of likely N-dealkylation sites (tertiary alicyclic amines) is 1. The summed E-state index contributed by atoms with van der Waals surface area (Å²) in [4.78, 5) is 35.5. The number of aliphatic carboxylic acids is 1. The van der Waals surface area contributed by atoms with Crippen molar-refractivity contribution in [3.63, 3.8) is 0 Å². The Hall–Kier alpha value is -3.23. The molecule has 0 aliphatic carbocycles. The largest absolute Gasteiger partial charge is 0.480 e. The number of piperidine rings is 1. The lowest BCUT2D eigenvalue weighted by Gasteiger charge is -2.32. The summed E-state index contributed by atoms with van der Waals surface area (Å²) in [6, 6.07) is 6.44. The fraction of sp³-hybridized carbons (Fsp3) is 0.312. The first-order chi connectivity index (χ1) is 12.0. The maximum Gasteiger partial charge on any atom is 0.326 e. The Bertz CT molecular complexity index is 814. The summed E-state index contributed by atoms with van der Waals surface area (Å²) in [5, 5.41) is 24.2. The van der Waals surface area contributed by atoms with Crippen molar-refractivity contribution in [3.05, 3.63) is 52.3 Å². The van der Waals surface area contributed by atoms with Gasteiger partial charge in [-0.05, 0) is 37.5 Å². The number of carbonyl (C=O) groups is 2. The number of hydrogen-bond donors (Lipinski definition) is 1. The summed E-state index contributed by atoms with van der Waals surface area (Å²) in [6.45, 7) is 0.389. The zero-order valence-electron chi connectivity index (χ0n) is 13.2. The number of non-ortho nitro benzene ring substituents is 1. The first-order valence-corrected chi connectivity index (χ1v) is 7.81. The third-order valence-corrected chi connectivity index (χ3v) is 4.18. The number of carbonyl (C=O) groups excluding carboxylic acids is 1. The second kappa shape index (κ2) is 6.71. The summed E-state index contributed by atoms with van der Waals surface area (Å²) in [5.41, 5.74) is 0.675. The molecule has 25 heavy (non-hydrogen) atoms. The van der Waals surface area contributed by atoms with Crippen LogP contribution in [-0.4, -0.2) is 49.2 Å². The molecule has 1 fully saturated rings. The molecule has 1 N–H and O–H groups in total. The molecular weight excluding hydrogens is 328 g/mol. The highest BCUT2D eigenvalue weighted by atomic mass is 16.6. The highest BCUT2D eigenvalue weighted by Crippen LogP contribution is 2.20. The monoisotopic (exact) mass is 344 g/mol. The Morgan fingerprint density at radius 3 is 2.56 bits per heavy atom. The van der Waals surface area contributed by atoms with Crippen LogP contribution < -0.4 is 0 Å². The van der Waals surface area contributed by atoms with Crippen molar-refractivity contribution >= 4 is 17.6 Å². The molecule has 9 heteroatoms. The molecule has 0 spiro atoms. The average Bonchev–Trinajstić information content (AvgIpc) is 3.11. The molecular formula is C16H16N4O5. The van der Waals surface area contributed by atoms with Crippen molar-refractivity contribution in [3.8, 4) is 5.69 Å². The average molecular weight is 344 g/mol. The summed E-state index contributed by atoms with van der Waals surface area (Å²) in [5.74, 6) is -1.43. The SMILES string of the molecule is O=C(O)C1CCCCN1C(=O)c1ccn(-c2ccc([N+](=O)[O-])cc2)n1. The molecule has 1 aliphatic rings. The van der Waals surface area contributed by atoms with Crippen LogP contribution in [0.25, 0.3) is 5.69 Å². The molecule has 1 aromatic heterocycles. The van der Waals surface area contributed by atoms with Crippen LogP contribution in [0.15, 0.2) is 36.5 Å². The minimum atomic E-state index is -1.01. The van der Waals surface area contributed by atoms with E-state index in [1.807, 2.05) is 0 Å². The van der Waals surface area contributed by atoms with Gasteiger partial charge in [-0.3, -0.25) is 14.9 Å². The van der Waals surface area contributed by atoms with E-state index in [1.54, 1.807) is 6.20 Å².